The number of benzene rings is 2. The SMILES string of the molecule is Cc1ccc(C(=O)NCCNC(=O)c2cccc(OCc3cccs3)c2)cc1F. The molecule has 7 heteroatoms. The van der Waals surface area contributed by atoms with Crippen LogP contribution in [-0.2, 0) is 6.61 Å². The van der Waals surface area contributed by atoms with Crippen molar-refractivity contribution in [3.63, 3.8) is 0 Å². The van der Waals surface area contributed by atoms with Crippen LogP contribution >= 0.6 is 11.3 Å². The predicted octanol–water partition coefficient (Wildman–Crippen LogP) is 3.93. The normalized spacial score (nSPS) is 10.4. The van der Waals surface area contributed by atoms with Crippen molar-refractivity contribution in [1.82, 2.24) is 10.6 Å². The van der Waals surface area contributed by atoms with E-state index in [9.17, 15) is 14.0 Å². The zero-order chi connectivity index (χ0) is 20.6. The Kier molecular flexibility index (Phi) is 6.97. The molecular formula is C22H21FN2O3S. The fourth-order valence-electron chi connectivity index (χ4n) is 2.57. The van der Waals surface area contributed by atoms with Gasteiger partial charge < -0.3 is 15.4 Å². The van der Waals surface area contributed by atoms with Crippen molar-refractivity contribution in [2.24, 2.45) is 0 Å². The molecule has 0 unspecified atom stereocenters. The summed E-state index contributed by atoms with van der Waals surface area (Å²) in [5.41, 5.74) is 1.20. The van der Waals surface area contributed by atoms with Crippen LogP contribution in [0, 0.1) is 12.7 Å². The molecule has 150 valence electrons. The fourth-order valence-corrected chi connectivity index (χ4v) is 3.18. The molecule has 1 heterocycles. The monoisotopic (exact) mass is 412 g/mol. The van der Waals surface area contributed by atoms with E-state index in [0.29, 0.717) is 23.5 Å². The van der Waals surface area contributed by atoms with Crippen LogP contribution in [0.4, 0.5) is 4.39 Å². The summed E-state index contributed by atoms with van der Waals surface area (Å²) in [6.07, 6.45) is 0. The van der Waals surface area contributed by atoms with Crippen molar-refractivity contribution in [3.05, 3.63) is 87.4 Å². The second kappa shape index (κ2) is 9.84. The molecule has 0 bridgehead atoms. The van der Waals surface area contributed by atoms with Gasteiger partial charge in [-0.25, -0.2) is 4.39 Å². The number of hydrogen-bond donors (Lipinski definition) is 2. The van der Waals surface area contributed by atoms with E-state index in [4.69, 9.17) is 4.74 Å². The van der Waals surface area contributed by atoms with E-state index in [2.05, 4.69) is 10.6 Å². The Labute approximate surface area is 172 Å². The van der Waals surface area contributed by atoms with Crippen LogP contribution < -0.4 is 15.4 Å². The smallest absolute Gasteiger partial charge is 0.251 e. The quantitative estimate of drug-likeness (QED) is 0.551. The minimum Gasteiger partial charge on any atom is -0.488 e. The lowest BCUT2D eigenvalue weighted by Crippen LogP contribution is -2.34. The molecule has 3 aromatic rings. The van der Waals surface area contributed by atoms with Crippen LogP contribution in [-0.4, -0.2) is 24.9 Å². The van der Waals surface area contributed by atoms with E-state index in [0.717, 1.165) is 4.88 Å². The molecule has 0 saturated carbocycles. The van der Waals surface area contributed by atoms with E-state index < -0.39 is 5.82 Å². The molecule has 2 N–H and O–H groups in total. The summed E-state index contributed by atoms with van der Waals surface area (Å²) in [4.78, 5) is 25.4. The summed E-state index contributed by atoms with van der Waals surface area (Å²) in [6, 6.07) is 15.2. The minimum atomic E-state index is -0.424. The van der Waals surface area contributed by atoms with Crippen molar-refractivity contribution in [1.29, 1.82) is 0 Å². The summed E-state index contributed by atoms with van der Waals surface area (Å²) in [5.74, 6) is -0.461. The van der Waals surface area contributed by atoms with Crippen LogP contribution in [0.1, 0.15) is 31.2 Å². The van der Waals surface area contributed by atoms with Gasteiger partial charge in [0.1, 0.15) is 18.2 Å². The Hall–Kier alpha value is -3.19. The lowest BCUT2D eigenvalue weighted by molar-refractivity contribution is 0.0927. The third kappa shape index (κ3) is 5.89. The highest BCUT2D eigenvalue weighted by Crippen LogP contribution is 2.17. The third-order valence-electron chi connectivity index (χ3n) is 4.19. The number of amides is 2. The number of nitrogens with one attached hydrogen (secondary N) is 2. The topological polar surface area (TPSA) is 67.4 Å². The molecule has 0 saturated heterocycles. The van der Waals surface area contributed by atoms with Gasteiger partial charge in [0.2, 0.25) is 0 Å². The zero-order valence-corrected chi connectivity index (χ0v) is 16.7. The molecule has 0 aliphatic heterocycles. The van der Waals surface area contributed by atoms with Gasteiger partial charge in [-0.3, -0.25) is 9.59 Å². The summed E-state index contributed by atoms with van der Waals surface area (Å²) in [5, 5.41) is 7.38. The highest BCUT2D eigenvalue weighted by molar-refractivity contribution is 7.09. The van der Waals surface area contributed by atoms with Gasteiger partial charge in [0.05, 0.1) is 0 Å². The first kappa shape index (κ1) is 20.5. The maximum Gasteiger partial charge on any atom is 0.251 e. The second-order valence-corrected chi connectivity index (χ2v) is 7.40. The van der Waals surface area contributed by atoms with Crippen LogP contribution in [0.15, 0.2) is 60.0 Å². The van der Waals surface area contributed by atoms with Crippen molar-refractivity contribution < 1.29 is 18.7 Å². The Morgan fingerprint density at radius 2 is 1.69 bits per heavy atom. The molecule has 0 aliphatic rings. The Balaban J connectivity index is 1.44. The highest BCUT2D eigenvalue weighted by Gasteiger charge is 2.09. The molecule has 0 spiro atoms. The van der Waals surface area contributed by atoms with Crippen LogP contribution in [0.2, 0.25) is 0 Å². The number of hydrogen-bond acceptors (Lipinski definition) is 4. The predicted molar refractivity (Wildman–Crippen MR) is 111 cm³/mol. The average molecular weight is 412 g/mol. The second-order valence-electron chi connectivity index (χ2n) is 6.37. The van der Waals surface area contributed by atoms with Crippen molar-refractivity contribution in [2.45, 2.75) is 13.5 Å². The molecule has 0 radical (unpaired) electrons. The number of aryl methyl sites for hydroxylation is 1. The first-order valence-corrected chi connectivity index (χ1v) is 9.98. The van der Waals surface area contributed by atoms with Gasteiger partial charge in [-0.1, -0.05) is 18.2 Å². The van der Waals surface area contributed by atoms with E-state index in [1.807, 2.05) is 17.5 Å². The van der Waals surface area contributed by atoms with Crippen LogP contribution in [0.3, 0.4) is 0 Å². The Bertz CT molecular complexity index is 989. The highest BCUT2D eigenvalue weighted by atomic mass is 32.1. The van der Waals surface area contributed by atoms with Gasteiger partial charge in [0.15, 0.2) is 0 Å². The number of carbonyl (C=O) groups is 2. The first-order chi connectivity index (χ1) is 14.0. The van der Waals surface area contributed by atoms with E-state index in [1.165, 1.54) is 6.07 Å². The molecule has 3 rings (SSSR count). The number of rotatable bonds is 8. The standard InChI is InChI=1S/C22H21FN2O3S/c1-15-7-8-17(13-20(15)23)22(27)25-10-9-24-21(26)16-4-2-5-18(12-16)28-14-19-6-3-11-29-19/h2-8,11-13H,9-10,14H2,1H3,(H,24,26)(H,25,27). The van der Waals surface area contributed by atoms with Crippen molar-refractivity contribution in [3.8, 4) is 5.75 Å². The molecule has 0 atom stereocenters. The Morgan fingerprint density at radius 3 is 2.34 bits per heavy atom. The number of carbonyl (C=O) groups excluding carboxylic acids is 2. The molecule has 2 amide bonds. The maximum absolute atomic E-state index is 13.5. The molecule has 29 heavy (non-hydrogen) atoms. The molecule has 0 aliphatic carbocycles. The van der Waals surface area contributed by atoms with Crippen molar-refractivity contribution >= 4 is 23.2 Å². The maximum atomic E-state index is 13.5. The third-order valence-corrected chi connectivity index (χ3v) is 5.04. The lowest BCUT2D eigenvalue weighted by atomic mass is 10.1. The number of thiophene rings is 1. The van der Waals surface area contributed by atoms with Gasteiger partial charge in [-0.15, -0.1) is 11.3 Å². The van der Waals surface area contributed by atoms with Gasteiger partial charge >= 0.3 is 0 Å². The first-order valence-electron chi connectivity index (χ1n) is 9.11. The van der Waals surface area contributed by atoms with E-state index in [-0.39, 0.29) is 30.5 Å². The Morgan fingerprint density at radius 1 is 0.966 bits per heavy atom. The summed E-state index contributed by atoms with van der Waals surface area (Å²) < 4.78 is 19.3. The summed E-state index contributed by atoms with van der Waals surface area (Å²) in [7, 11) is 0. The molecule has 5 nitrogen and oxygen atoms in total. The molecule has 2 aromatic carbocycles. The lowest BCUT2D eigenvalue weighted by Gasteiger charge is -2.09. The largest absolute Gasteiger partial charge is 0.488 e. The van der Waals surface area contributed by atoms with Crippen LogP contribution in [0.5, 0.6) is 5.75 Å². The van der Waals surface area contributed by atoms with Crippen molar-refractivity contribution in [2.75, 3.05) is 13.1 Å². The van der Waals surface area contributed by atoms with Gasteiger partial charge in [-0.2, -0.15) is 0 Å². The molecule has 0 fully saturated rings. The average Bonchev–Trinajstić information content (AvgIpc) is 3.25. The molecular weight excluding hydrogens is 391 g/mol. The number of halogens is 1. The van der Waals surface area contributed by atoms with E-state index in [1.54, 1.807) is 54.7 Å². The van der Waals surface area contributed by atoms with Gasteiger partial charge in [0, 0.05) is 29.1 Å². The van der Waals surface area contributed by atoms with E-state index >= 15 is 0 Å². The fraction of sp³-hybridized carbons (Fsp3) is 0.182. The molecule has 1 aromatic heterocycles. The van der Waals surface area contributed by atoms with Gasteiger partial charge in [-0.05, 0) is 54.3 Å². The summed E-state index contributed by atoms with van der Waals surface area (Å²) in [6.45, 7) is 2.57. The summed E-state index contributed by atoms with van der Waals surface area (Å²) >= 11 is 1.61. The van der Waals surface area contributed by atoms with Crippen LogP contribution in [0.25, 0.3) is 0 Å². The number of ether oxygens (including phenoxy) is 1. The van der Waals surface area contributed by atoms with Gasteiger partial charge in [0.25, 0.3) is 11.8 Å². The zero-order valence-electron chi connectivity index (χ0n) is 15.9. The minimum absolute atomic E-state index is 0.231.